The molecule has 2 N–H and O–H groups in total. The van der Waals surface area contributed by atoms with Crippen LogP contribution in [0.2, 0.25) is 0 Å². The minimum atomic E-state index is 0.797. The van der Waals surface area contributed by atoms with Crippen molar-refractivity contribution in [3.05, 3.63) is 23.8 Å². The Bertz CT molecular complexity index is 413. The largest absolute Gasteiger partial charge is 0.399 e. The Morgan fingerprint density at radius 2 is 2.00 bits per heavy atom. The molecule has 2 aliphatic rings. The molecule has 1 aromatic rings. The predicted molar refractivity (Wildman–Crippen MR) is 73.3 cm³/mol. The van der Waals surface area contributed by atoms with E-state index in [4.69, 9.17) is 5.73 Å². The van der Waals surface area contributed by atoms with Crippen LogP contribution in [0.1, 0.15) is 37.7 Å². The highest BCUT2D eigenvalue weighted by molar-refractivity contribution is 5.60. The number of fused-ring (bicyclic) bond motifs is 1. The van der Waals surface area contributed by atoms with E-state index in [1.165, 1.54) is 49.9 Å². The van der Waals surface area contributed by atoms with Gasteiger partial charge in [0.05, 0.1) is 0 Å². The minimum absolute atomic E-state index is 0.797. The summed E-state index contributed by atoms with van der Waals surface area (Å²) in [7, 11) is 0. The lowest BCUT2D eigenvalue weighted by molar-refractivity contribution is 0.362. The molecule has 0 radical (unpaired) electrons. The van der Waals surface area contributed by atoms with Crippen LogP contribution in [-0.4, -0.2) is 12.6 Å². The third-order valence-electron chi connectivity index (χ3n) is 4.52. The van der Waals surface area contributed by atoms with E-state index in [1.807, 2.05) is 6.07 Å². The fourth-order valence-corrected chi connectivity index (χ4v) is 3.75. The van der Waals surface area contributed by atoms with Crippen molar-refractivity contribution in [1.82, 2.24) is 0 Å². The van der Waals surface area contributed by atoms with Crippen LogP contribution in [0, 0.1) is 12.8 Å². The molecule has 1 aromatic carbocycles. The Morgan fingerprint density at radius 3 is 2.82 bits per heavy atom. The average molecular weight is 230 g/mol. The predicted octanol–water partition coefficient (Wildman–Crippen LogP) is 3.35. The van der Waals surface area contributed by atoms with Gasteiger partial charge in [0, 0.05) is 24.0 Å². The molecule has 0 aromatic heterocycles. The van der Waals surface area contributed by atoms with Crippen molar-refractivity contribution >= 4 is 11.4 Å². The maximum absolute atomic E-state index is 5.85. The van der Waals surface area contributed by atoms with Crippen molar-refractivity contribution in [3.63, 3.8) is 0 Å². The van der Waals surface area contributed by atoms with Gasteiger partial charge in [-0.3, -0.25) is 0 Å². The van der Waals surface area contributed by atoms with E-state index in [0.717, 1.165) is 17.6 Å². The van der Waals surface area contributed by atoms with Crippen LogP contribution in [0.5, 0.6) is 0 Å². The second kappa shape index (κ2) is 4.25. The van der Waals surface area contributed by atoms with Crippen molar-refractivity contribution in [2.24, 2.45) is 5.92 Å². The van der Waals surface area contributed by atoms with E-state index in [-0.39, 0.29) is 0 Å². The first-order valence-electron chi connectivity index (χ1n) is 6.88. The van der Waals surface area contributed by atoms with E-state index in [1.54, 1.807) is 0 Å². The molecule has 17 heavy (non-hydrogen) atoms. The van der Waals surface area contributed by atoms with E-state index < -0.39 is 0 Å². The smallest absolute Gasteiger partial charge is 0.0400 e. The molecule has 3 rings (SSSR count). The Kier molecular flexibility index (Phi) is 2.73. The molecule has 0 amide bonds. The summed E-state index contributed by atoms with van der Waals surface area (Å²) < 4.78 is 0. The lowest BCUT2D eigenvalue weighted by atomic mass is 9.91. The van der Waals surface area contributed by atoms with Crippen molar-refractivity contribution in [2.75, 3.05) is 17.2 Å². The third-order valence-corrected chi connectivity index (χ3v) is 4.52. The summed E-state index contributed by atoms with van der Waals surface area (Å²) in [5.41, 5.74) is 9.47. The lowest BCUT2D eigenvalue weighted by Gasteiger charge is -2.40. The molecule has 2 nitrogen and oxygen atoms in total. The van der Waals surface area contributed by atoms with Gasteiger partial charge in [0.1, 0.15) is 0 Å². The molecule has 2 heteroatoms. The van der Waals surface area contributed by atoms with Gasteiger partial charge in [0.15, 0.2) is 0 Å². The zero-order valence-electron chi connectivity index (χ0n) is 10.7. The van der Waals surface area contributed by atoms with Crippen molar-refractivity contribution in [3.8, 4) is 0 Å². The fourth-order valence-electron chi connectivity index (χ4n) is 3.75. The number of piperidine rings is 1. The quantitative estimate of drug-likeness (QED) is 0.750. The summed E-state index contributed by atoms with van der Waals surface area (Å²) >= 11 is 0. The third kappa shape index (κ3) is 1.90. The maximum Gasteiger partial charge on any atom is 0.0400 e. The zero-order chi connectivity index (χ0) is 11.8. The molecule has 1 saturated carbocycles. The van der Waals surface area contributed by atoms with Crippen LogP contribution >= 0.6 is 0 Å². The van der Waals surface area contributed by atoms with Gasteiger partial charge >= 0.3 is 0 Å². The van der Waals surface area contributed by atoms with Crippen LogP contribution in [0.15, 0.2) is 18.2 Å². The normalized spacial score (nSPS) is 28.2. The van der Waals surface area contributed by atoms with E-state index in [0.29, 0.717) is 0 Å². The van der Waals surface area contributed by atoms with E-state index in [9.17, 15) is 0 Å². The molecular formula is C15H22N2. The number of hydrogen-bond acceptors (Lipinski definition) is 2. The van der Waals surface area contributed by atoms with Gasteiger partial charge in [0.25, 0.3) is 0 Å². The molecule has 1 aliphatic carbocycles. The molecule has 2 atom stereocenters. The monoisotopic (exact) mass is 230 g/mol. The maximum atomic E-state index is 5.85. The molecule has 0 spiro atoms. The van der Waals surface area contributed by atoms with Gasteiger partial charge < -0.3 is 10.6 Å². The number of anilines is 2. The fraction of sp³-hybridized carbons (Fsp3) is 0.600. The van der Waals surface area contributed by atoms with Crippen LogP contribution in [-0.2, 0) is 0 Å². The molecule has 0 bridgehead atoms. The molecule has 2 unspecified atom stereocenters. The number of benzene rings is 1. The number of aryl methyl sites for hydroxylation is 1. The summed E-state index contributed by atoms with van der Waals surface area (Å²) in [5, 5.41) is 0. The van der Waals surface area contributed by atoms with Gasteiger partial charge in [-0.2, -0.15) is 0 Å². The van der Waals surface area contributed by atoms with Crippen molar-refractivity contribution < 1.29 is 0 Å². The van der Waals surface area contributed by atoms with Gasteiger partial charge in [-0.15, -0.1) is 0 Å². The van der Waals surface area contributed by atoms with Crippen LogP contribution in [0.3, 0.4) is 0 Å². The number of nitrogens with two attached hydrogens (primary N) is 1. The van der Waals surface area contributed by atoms with Gasteiger partial charge in [-0.1, -0.05) is 6.42 Å². The SMILES string of the molecule is Cc1cc(N)ccc1N1CCCC2CCCC21. The van der Waals surface area contributed by atoms with Crippen LogP contribution in [0.4, 0.5) is 11.4 Å². The molecule has 2 fully saturated rings. The minimum Gasteiger partial charge on any atom is -0.399 e. The lowest BCUT2D eigenvalue weighted by Crippen LogP contribution is -2.42. The first kappa shape index (κ1) is 10.9. The standard InChI is InChI=1S/C15H22N2/c1-11-10-13(16)7-8-14(11)17-9-3-5-12-4-2-6-15(12)17/h7-8,10,12,15H,2-6,9,16H2,1H3. The number of hydrogen-bond donors (Lipinski definition) is 1. The molecular weight excluding hydrogens is 208 g/mol. The average Bonchev–Trinajstić information content (AvgIpc) is 2.77. The van der Waals surface area contributed by atoms with Crippen LogP contribution in [0.25, 0.3) is 0 Å². The number of nitrogen functional groups attached to an aromatic ring is 1. The molecule has 92 valence electrons. The molecule has 1 aliphatic heterocycles. The Morgan fingerprint density at radius 1 is 1.18 bits per heavy atom. The second-order valence-electron chi connectivity index (χ2n) is 5.64. The Balaban J connectivity index is 1.91. The van der Waals surface area contributed by atoms with Crippen molar-refractivity contribution in [1.29, 1.82) is 0 Å². The van der Waals surface area contributed by atoms with Crippen LogP contribution < -0.4 is 10.6 Å². The summed E-state index contributed by atoms with van der Waals surface area (Å²) in [5.74, 6) is 0.945. The summed E-state index contributed by atoms with van der Waals surface area (Å²) in [6.45, 7) is 3.41. The first-order valence-corrected chi connectivity index (χ1v) is 6.88. The van der Waals surface area contributed by atoms with Gasteiger partial charge in [0.2, 0.25) is 0 Å². The zero-order valence-corrected chi connectivity index (χ0v) is 10.7. The molecule has 1 heterocycles. The highest BCUT2D eigenvalue weighted by atomic mass is 15.2. The summed E-state index contributed by atoms with van der Waals surface area (Å²) in [6.07, 6.45) is 7.03. The Labute approximate surface area is 104 Å². The van der Waals surface area contributed by atoms with E-state index >= 15 is 0 Å². The first-order chi connectivity index (χ1) is 8.25. The number of nitrogens with zero attached hydrogens (tertiary/aromatic N) is 1. The summed E-state index contributed by atoms with van der Waals surface area (Å²) in [6, 6.07) is 7.16. The topological polar surface area (TPSA) is 29.3 Å². The van der Waals surface area contributed by atoms with E-state index in [2.05, 4.69) is 24.0 Å². The van der Waals surface area contributed by atoms with Crippen molar-refractivity contribution in [2.45, 2.75) is 45.1 Å². The Hall–Kier alpha value is -1.18. The second-order valence-corrected chi connectivity index (χ2v) is 5.64. The summed E-state index contributed by atoms with van der Waals surface area (Å²) in [4.78, 5) is 2.65. The number of rotatable bonds is 1. The highest BCUT2D eigenvalue weighted by Crippen LogP contribution is 2.40. The molecule has 1 saturated heterocycles. The van der Waals surface area contributed by atoms with Gasteiger partial charge in [-0.05, 0) is 62.3 Å². The van der Waals surface area contributed by atoms with Gasteiger partial charge in [-0.25, -0.2) is 0 Å². The highest BCUT2D eigenvalue weighted by Gasteiger charge is 2.35.